The molecule has 0 saturated heterocycles. The molecule has 0 saturated carbocycles. The number of sulfonamides is 1. The van der Waals surface area contributed by atoms with Crippen LogP contribution in [0.5, 0.6) is 0 Å². The summed E-state index contributed by atoms with van der Waals surface area (Å²) in [5.74, 6) is 0.0768. The Morgan fingerprint density at radius 2 is 2.24 bits per heavy atom. The molecule has 0 aliphatic carbocycles. The fourth-order valence-corrected chi connectivity index (χ4v) is 3.22. The molecule has 0 amide bonds. The van der Waals surface area contributed by atoms with Gasteiger partial charge in [0.2, 0.25) is 0 Å². The second kappa shape index (κ2) is 6.46. The minimum absolute atomic E-state index is 0.0710. The molecule has 0 aromatic carbocycles. The first-order valence-corrected chi connectivity index (χ1v) is 8.27. The Morgan fingerprint density at radius 3 is 2.86 bits per heavy atom. The molecular formula is C13H16ClN3O3S. The predicted octanol–water partition coefficient (Wildman–Crippen LogP) is 2.24. The number of hydrogen-bond acceptors (Lipinski definition) is 4. The second-order valence-corrected chi connectivity index (χ2v) is 6.55. The molecule has 0 aliphatic rings. The van der Waals surface area contributed by atoms with E-state index in [1.54, 1.807) is 16.7 Å². The number of aliphatic hydroxyl groups excluding tert-OH is 1. The van der Waals surface area contributed by atoms with E-state index in [1.807, 2.05) is 6.92 Å². The number of hydrogen-bond donors (Lipinski definition) is 2. The van der Waals surface area contributed by atoms with E-state index in [-0.39, 0.29) is 22.3 Å². The first kappa shape index (κ1) is 15.8. The first-order chi connectivity index (χ1) is 9.97. The van der Waals surface area contributed by atoms with Crippen LogP contribution in [-0.4, -0.2) is 23.1 Å². The molecule has 2 rings (SSSR count). The number of aryl methyl sites for hydroxylation is 1. The van der Waals surface area contributed by atoms with Crippen molar-refractivity contribution in [2.45, 2.75) is 31.4 Å². The Balaban J connectivity index is 2.34. The van der Waals surface area contributed by atoms with Crippen molar-refractivity contribution in [3.63, 3.8) is 0 Å². The maximum absolute atomic E-state index is 12.3. The van der Waals surface area contributed by atoms with Crippen LogP contribution in [0.2, 0.25) is 5.02 Å². The Hall–Kier alpha value is -1.57. The summed E-state index contributed by atoms with van der Waals surface area (Å²) in [4.78, 5) is 3.97. The van der Waals surface area contributed by atoms with Gasteiger partial charge in [0.25, 0.3) is 10.0 Å². The van der Waals surface area contributed by atoms with E-state index in [2.05, 4.69) is 9.71 Å². The number of nitrogens with zero attached hydrogens (tertiary/aromatic N) is 2. The van der Waals surface area contributed by atoms with Gasteiger partial charge in [-0.05, 0) is 24.6 Å². The maximum Gasteiger partial charge on any atom is 0.264 e. The number of rotatable bonds is 6. The third kappa shape index (κ3) is 3.55. The van der Waals surface area contributed by atoms with E-state index in [0.29, 0.717) is 12.2 Å². The largest absolute Gasteiger partial charge is 0.390 e. The van der Waals surface area contributed by atoms with Gasteiger partial charge in [0, 0.05) is 24.6 Å². The van der Waals surface area contributed by atoms with E-state index in [0.717, 1.165) is 6.42 Å². The van der Waals surface area contributed by atoms with Crippen LogP contribution in [0.3, 0.4) is 0 Å². The monoisotopic (exact) mass is 329 g/mol. The third-order valence-electron chi connectivity index (χ3n) is 2.89. The summed E-state index contributed by atoms with van der Waals surface area (Å²) in [5, 5.41) is 9.51. The molecule has 2 heterocycles. The van der Waals surface area contributed by atoms with Crippen LogP contribution in [-0.2, 0) is 23.2 Å². The standard InChI is InChI=1S/C13H16ClN3O3S/c1-2-6-17-8-11(7-10(17)9-18)21(19,20)16-13-12(14)4-3-5-15-13/h3-5,7-8,18H,2,6,9H2,1H3,(H,15,16). The fourth-order valence-electron chi connectivity index (χ4n) is 1.90. The normalized spacial score (nSPS) is 11.6. The number of pyridine rings is 1. The van der Waals surface area contributed by atoms with Crippen LogP contribution in [0.1, 0.15) is 19.0 Å². The molecule has 2 N–H and O–H groups in total. The average molecular weight is 330 g/mol. The van der Waals surface area contributed by atoms with E-state index in [4.69, 9.17) is 11.6 Å². The van der Waals surface area contributed by atoms with Gasteiger partial charge in [0.1, 0.15) is 4.90 Å². The van der Waals surface area contributed by atoms with Crippen LogP contribution in [0.15, 0.2) is 35.5 Å². The molecule has 0 spiro atoms. The van der Waals surface area contributed by atoms with Gasteiger partial charge in [-0.15, -0.1) is 0 Å². The van der Waals surface area contributed by atoms with Gasteiger partial charge in [-0.1, -0.05) is 18.5 Å². The van der Waals surface area contributed by atoms with Crippen molar-refractivity contribution in [1.82, 2.24) is 9.55 Å². The first-order valence-electron chi connectivity index (χ1n) is 6.41. The number of halogens is 1. The summed E-state index contributed by atoms with van der Waals surface area (Å²) in [6.45, 7) is 2.39. The van der Waals surface area contributed by atoms with Crippen molar-refractivity contribution in [3.05, 3.63) is 41.3 Å². The second-order valence-electron chi connectivity index (χ2n) is 4.46. The average Bonchev–Trinajstić information content (AvgIpc) is 2.86. The van der Waals surface area contributed by atoms with Gasteiger partial charge in [0.05, 0.1) is 11.6 Å². The van der Waals surface area contributed by atoms with Gasteiger partial charge in [-0.25, -0.2) is 13.4 Å². The van der Waals surface area contributed by atoms with Crippen LogP contribution < -0.4 is 4.72 Å². The lowest BCUT2D eigenvalue weighted by Gasteiger charge is -2.06. The van der Waals surface area contributed by atoms with Crippen molar-refractivity contribution >= 4 is 27.4 Å². The summed E-state index contributed by atoms with van der Waals surface area (Å²) >= 11 is 5.90. The van der Waals surface area contributed by atoms with Gasteiger partial charge in [0.15, 0.2) is 5.82 Å². The fraction of sp³-hybridized carbons (Fsp3) is 0.308. The number of nitrogens with one attached hydrogen (secondary N) is 1. The topological polar surface area (TPSA) is 84.2 Å². The minimum Gasteiger partial charge on any atom is -0.390 e. The highest BCUT2D eigenvalue weighted by Crippen LogP contribution is 2.23. The van der Waals surface area contributed by atoms with Crippen LogP contribution in [0.25, 0.3) is 0 Å². The Labute approximate surface area is 128 Å². The zero-order valence-corrected chi connectivity index (χ0v) is 13.0. The Kier molecular flexibility index (Phi) is 4.87. The van der Waals surface area contributed by atoms with Gasteiger partial charge in [-0.2, -0.15) is 0 Å². The molecule has 0 fully saturated rings. The lowest BCUT2D eigenvalue weighted by molar-refractivity contribution is 0.270. The van der Waals surface area contributed by atoms with Gasteiger partial charge >= 0.3 is 0 Å². The summed E-state index contributed by atoms with van der Waals surface area (Å²) in [7, 11) is -3.79. The van der Waals surface area contributed by atoms with Crippen molar-refractivity contribution < 1.29 is 13.5 Å². The van der Waals surface area contributed by atoms with Gasteiger partial charge in [-0.3, -0.25) is 4.72 Å². The Bertz CT molecular complexity index is 728. The lowest BCUT2D eigenvalue weighted by Crippen LogP contribution is -2.13. The summed E-state index contributed by atoms with van der Waals surface area (Å²) in [6, 6.07) is 4.60. The highest BCUT2D eigenvalue weighted by molar-refractivity contribution is 7.92. The molecule has 6 nitrogen and oxygen atoms in total. The van der Waals surface area contributed by atoms with Crippen LogP contribution in [0.4, 0.5) is 5.82 Å². The quantitative estimate of drug-likeness (QED) is 0.851. The van der Waals surface area contributed by atoms with Crippen LogP contribution >= 0.6 is 11.6 Å². The number of aliphatic hydroxyl groups is 1. The molecule has 114 valence electrons. The predicted molar refractivity (Wildman–Crippen MR) is 80.7 cm³/mol. The number of aromatic nitrogens is 2. The zero-order chi connectivity index (χ0) is 15.5. The number of anilines is 1. The molecule has 0 unspecified atom stereocenters. The van der Waals surface area contributed by atoms with E-state index >= 15 is 0 Å². The molecule has 0 radical (unpaired) electrons. The van der Waals surface area contributed by atoms with Crippen LogP contribution in [0, 0.1) is 0 Å². The minimum atomic E-state index is -3.79. The molecule has 0 atom stereocenters. The molecule has 8 heteroatoms. The van der Waals surface area contributed by atoms with Crippen molar-refractivity contribution in [1.29, 1.82) is 0 Å². The molecular weight excluding hydrogens is 314 g/mol. The highest BCUT2D eigenvalue weighted by atomic mass is 35.5. The summed E-state index contributed by atoms with van der Waals surface area (Å²) in [6.07, 6.45) is 3.78. The Morgan fingerprint density at radius 1 is 1.48 bits per heavy atom. The molecule has 0 bridgehead atoms. The third-order valence-corrected chi connectivity index (χ3v) is 4.50. The van der Waals surface area contributed by atoms with E-state index < -0.39 is 10.0 Å². The SMILES string of the molecule is CCCn1cc(S(=O)(=O)Nc2ncccc2Cl)cc1CO. The highest BCUT2D eigenvalue weighted by Gasteiger charge is 2.19. The zero-order valence-electron chi connectivity index (χ0n) is 11.5. The molecule has 0 aliphatic heterocycles. The summed E-state index contributed by atoms with van der Waals surface area (Å²) in [5.41, 5.74) is 0.546. The van der Waals surface area contributed by atoms with E-state index in [1.165, 1.54) is 18.5 Å². The van der Waals surface area contributed by atoms with Crippen molar-refractivity contribution in [3.8, 4) is 0 Å². The van der Waals surface area contributed by atoms with Crippen molar-refractivity contribution in [2.24, 2.45) is 0 Å². The van der Waals surface area contributed by atoms with Crippen molar-refractivity contribution in [2.75, 3.05) is 4.72 Å². The molecule has 21 heavy (non-hydrogen) atoms. The molecule has 2 aromatic rings. The van der Waals surface area contributed by atoms with Gasteiger partial charge < -0.3 is 9.67 Å². The lowest BCUT2D eigenvalue weighted by atomic mass is 10.4. The molecule has 2 aromatic heterocycles. The maximum atomic E-state index is 12.3. The smallest absolute Gasteiger partial charge is 0.264 e. The summed E-state index contributed by atoms with van der Waals surface area (Å²) < 4.78 is 28.7. The van der Waals surface area contributed by atoms with E-state index in [9.17, 15) is 13.5 Å².